The molecule has 0 heterocycles. The SMILES string of the molecule is C#Cc1c(OC)c(OC)c(OC)c(OC)c1OC. The van der Waals surface area contributed by atoms with Crippen LogP contribution >= 0.6 is 0 Å². The smallest absolute Gasteiger partial charge is 0.211 e. The van der Waals surface area contributed by atoms with E-state index >= 15 is 0 Å². The van der Waals surface area contributed by atoms with Crippen molar-refractivity contribution in [2.75, 3.05) is 35.5 Å². The molecule has 0 spiro atoms. The summed E-state index contributed by atoms with van der Waals surface area (Å²) in [5.41, 5.74) is 0.412. The maximum atomic E-state index is 5.48. The third kappa shape index (κ3) is 1.97. The monoisotopic (exact) mass is 252 g/mol. The fraction of sp³-hybridized carbons (Fsp3) is 0.385. The Morgan fingerprint density at radius 3 is 1.11 bits per heavy atom. The summed E-state index contributed by atoms with van der Waals surface area (Å²) in [6.07, 6.45) is 5.48. The first-order chi connectivity index (χ1) is 8.69. The second kappa shape index (κ2) is 5.92. The van der Waals surface area contributed by atoms with Crippen molar-refractivity contribution in [1.29, 1.82) is 0 Å². The molecule has 0 fully saturated rings. The highest BCUT2D eigenvalue weighted by atomic mass is 16.6. The molecule has 0 atom stereocenters. The van der Waals surface area contributed by atoms with Gasteiger partial charge in [-0.05, 0) is 0 Å². The van der Waals surface area contributed by atoms with E-state index in [-0.39, 0.29) is 0 Å². The molecule has 0 saturated carbocycles. The van der Waals surface area contributed by atoms with Crippen LogP contribution in [-0.4, -0.2) is 35.5 Å². The van der Waals surface area contributed by atoms with Gasteiger partial charge in [-0.2, -0.15) is 0 Å². The lowest BCUT2D eigenvalue weighted by Gasteiger charge is -2.19. The fourth-order valence-corrected chi connectivity index (χ4v) is 1.72. The van der Waals surface area contributed by atoms with Gasteiger partial charge in [-0.15, -0.1) is 6.42 Å². The van der Waals surface area contributed by atoms with Crippen LogP contribution in [0.15, 0.2) is 0 Å². The van der Waals surface area contributed by atoms with Crippen molar-refractivity contribution >= 4 is 0 Å². The highest BCUT2D eigenvalue weighted by Gasteiger charge is 2.27. The van der Waals surface area contributed by atoms with Crippen LogP contribution in [0, 0.1) is 12.3 Å². The summed E-state index contributed by atoms with van der Waals surface area (Å²) in [5, 5.41) is 0. The van der Waals surface area contributed by atoms with E-state index in [0.29, 0.717) is 34.3 Å². The quantitative estimate of drug-likeness (QED) is 0.746. The van der Waals surface area contributed by atoms with Crippen molar-refractivity contribution < 1.29 is 23.7 Å². The van der Waals surface area contributed by atoms with Gasteiger partial charge in [0.2, 0.25) is 17.2 Å². The third-order valence-electron chi connectivity index (χ3n) is 2.44. The second-order valence-corrected chi connectivity index (χ2v) is 3.19. The van der Waals surface area contributed by atoms with Gasteiger partial charge in [0.05, 0.1) is 35.5 Å². The molecule has 0 N–H and O–H groups in total. The molecule has 1 aromatic rings. The van der Waals surface area contributed by atoms with Crippen LogP contribution in [0.1, 0.15) is 5.56 Å². The van der Waals surface area contributed by atoms with Gasteiger partial charge in [0.15, 0.2) is 11.5 Å². The van der Waals surface area contributed by atoms with Gasteiger partial charge in [0.25, 0.3) is 0 Å². The topological polar surface area (TPSA) is 46.2 Å². The van der Waals surface area contributed by atoms with E-state index in [9.17, 15) is 0 Å². The summed E-state index contributed by atoms with van der Waals surface area (Å²) >= 11 is 0. The van der Waals surface area contributed by atoms with Crippen LogP contribution in [0.2, 0.25) is 0 Å². The van der Waals surface area contributed by atoms with E-state index in [2.05, 4.69) is 5.92 Å². The highest BCUT2D eigenvalue weighted by Crippen LogP contribution is 2.52. The number of hydrogen-bond donors (Lipinski definition) is 0. The molecule has 1 aromatic carbocycles. The van der Waals surface area contributed by atoms with Gasteiger partial charge in [-0.25, -0.2) is 0 Å². The maximum Gasteiger partial charge on any atom is 0.211 e. The van der Waals surface area contributed by atoms with E-state index in [1.54, 1.807) is 0 Å². The van der Waals surface area contributed by atoms with E-state index in [1.165, 1.54) is 35.5 Å². The molecule has 1 rings (SSSR count). The van der Waals surface area contributed by atoms with Crippen molar-refractivity contribution in [3.8, 4) is 41.1 Å². The second-order valence-electron chi connectivity index (χ2n) is 3.19. The van der Waals surface area contributed by atoms with Crippen LogP contribution in [0.3, 0.4) is 0 Å². The Hall–Kier alpha value is -2.22. The molecule has 0 aliphatic heterocycles. The van der Waals surface area contributed by atoms with Gasteiger partial charge in [-0.1, -0.05) is 5.92 Å². The normalized spacial score (nSPS) is 9.33. The van der Waals surface area contributed by atoms with Crippen molar-refractivity contribution in [1.82, 2.24) is 0 Å². The summed E-state index contributed by atoms with van der Waals surface area (Å²) in [4.78, 5) is 0. The first kappa shape index (κ1) is 13.8. The molecule has 0 aliphatic rings. The Kier molecular flexibility index (Phi) is 4.55. The molecule has 5 nitrogen and oxygen atoms in total. The lowest BCUT2D eigenvalue weighted by atomic mass is 10.1. The predicted octanol–water partition coefficient (Wildman–Crippen LogP) is 1.71. The van der Waals surface area contributed by atoms with Gasteiger partial charge in [-0.3, -0.25) is 0 Å². The van der Waals surface area contributed by atoms with Crippen LogP contribution in [-0.2, 0) is 0 Å². The molecular formula is C13H16O5. The number of ether oxygens (including phenoxy) is 5. The lowest BCUT2D eigenvalue weighted by Crippen LogP contribution is -2.03. The number of benzene rings is 1. The predicted molar refractivity (Wildman–Crippen MR) is 67.1 cm³/mol. The molecule has 0 bridgehead atoms. The van der Waals surface area contributed by atoms with Crippen molar-refractivity contribution in [3.05, 3.63) is 5.56 Å². The largest absolute Gasteiger partial charge is 0.491 e. The zero-order valence-corrected chi connectivity index (χ0v) is 11.1. The first-order valence-corrected chi connectivity index (χ1v) is 5.10. The number of terminal acetylenes is 1. The van der Waals surface area contributed by atoms with Crippen LogP contribution in [0.4, 0.5) is 0 Å². The average molecular weight is 252 g/mol. The molecule has 18 heavy (non-hydrogen) atoms. The molecule has 0 aliphatic carbocycles. The van der Waals surface area contributed by atoms with Crippen LogP contribution in [0.25, 0.3) is 0 Å². The number of rotatable bonds is 5. The summed E-state index contributed by atoms with van der Waals surface area (Å²) in [6.45, 7) is 0. The first-order valence-electron chi connectivity index (χ1n) is 5.10. The minimum atomic E-state index is 0.366. The minimum Gasteiger partial charge on any atom is -0.491 e. The van der Waals surface area contributed by atoms with Crippen molar-refractivity contribution in [3.63, 3.8) is 0 Å². The fourth-order valence-electron chi connectivity index (χ4n) is 1.72. The molecule has 98 valence electrons. The zero-order chi connectivity index (χ0) is 13.7. The van der Waals surface area contributed by atoms with E-state index in [0.717, 1.165) is 0 Å². The van der Waals surface area contributed by atoms with Gasteiger partial charge < -0.3 is 23.7 Å². The Bertz CT molecular complexity index is 440. The Balaban J connectivity index is 3.79. The Morgan fingerprint density at radius 2 is 0.889 bits per heavy atom. The standard InChI is InChI=1S/C13H16O5/c1-7-8-9(14-2)11(16-4)13(18-6)12(17-5)10(8)15-3/h1H,2-6H3. The van der Waals surface area contributed by atoms with Gasteiger partial charge >= 0.3 is 0 Å². The van der Waals surface area contributed by atoms with Crippen molar-refractivity contribution in [2.24, 2.45) is 0 Å². The van der Waals surface area contributed by atoms with Gasteiger partial charge in [0.1, 0.15) is 5.56 Å². The summed E-state index contributed by atoms with van der Waals surface area (Å²) in [7, 11) is 7.46. The molecule has 0 amide bonds. The minimum absolute atomic E-state index is 0.366. The third-order valence-corrected chi connectivity index (χ3v) is 2.44. The van der Waals surface area contributed by atoms with Crippen molar-refractivity contribution in [2.45, 2.75) is 0 Å². The maximum absolute atomic E-state index is 5.48. The van der Waals surface area contributed by atoms with Crippen LogP contribution in [0.5, 0.6) is 28.7 Å². The van der Waals surface area contributed by atoms with Gasteiger partial charge in [0, 0.05) is 0 Å². The number of hydrogen-bond acceptors (Lipinski definition) is 5. The summed E-state index contributed by atoms with van der Waals surface area (Å²) in [6, 6.07) is 0. The molecule has 0 radical (unpaired) electrons. The number of methoxy groups -OCH3 is 5. The molecule has 0 saturated heterocycles. The summed E-state index contributed by atoms with van der Waals surface area (Å²) < 4.78 is 26.3. The Morgan fingerprint density at radius 1 is 0.611 bits per heavy atom. The molecule has 5 heteroatoms. The zero-order valence-electron chi connectivity index (χ0n) is 11.1. The van der Waals surface area contributed by atoms with E-state index in [4.69, 9.17) is 30.1 Å². The molecule has 0 aromatic heterocycles. The highest BCUT2D eigenvalue weighted by molar-refractivity contribution is 5.73. The van der Waals surface area contributed by atoms with E-state index < -0.39 is 0 Å². The lowest BCUT2D eigenvalue weighted by molar-refractivity contribution is 0.289. The van der Waals surface area contributed by atoms with E-state index in [1.807, 2.05) is 0 Å². The summed E-state index contributed by atoms with van der Waals surface area (Å²) in [5.74, 6) is 4.34. The average Bonchev–Trinajstić information content (AvgIpc) is 2.43. The Labute approximate surface area is 107 Å². The molecular weight excluding hydrogens is 236 g/mol. The molecule has 0 unspecified atom stereocenters. The van der Waals surface area contributed by atoms with Crippen LogP contribution < -0.4 is 23.7 Å².